The van der Waals surface area contributed by atoms with Gasteiger partial charge in [-0.05, 0) is 25.4 Å². The van der Waals surface area contributed by atoms with Gasteiger partial charge in [-0.1, -0.05) is 30.3 Å². The van der Waals surface area contributed by atoms with Crippen LogP contribution in [0.1, 0.15) is 12.2 Å². The Bertz CT molecular complexity index is 512. The second kappa shape index (κ2) is 4.90. The highest BCUT2D eigenvalue weighted by Gasteiger charge is 2.18. The largest absolute Gasteiger partial charge is 0.316 e. The first-order valence-electron chi connectivity index (χ1n) is 6.49. The van der Waals surface area contributed by atoms with Crippen LogP contribution < -0.4 is 5.32 Å². The molecule has 1 aromatic heterocycles. The maximum atomic E-state index is 4.67. The molecule has 0 saturated carbocycles. The molecule has 1 atom stereocenters. The molecule has 18 heavy (non-hydrogen) atoms. The first-order chi connectivity index (χ1) is 8.83. The third-order valence-electron chi connectivity index (χ3n) is 3.52. The third kappa shape index (κ3) is 2.29. The molecule has 4 nitrogen and oxygen atoms in total. The number of aryl methyl sites for hydroxylation is 1. The van der Waals surface area contributed by atoms with Crippen molar-refractivity contribution in [3.63, 3.8) is 0 Å². The highest BCUT2D eigenvalue weighted by Crippen LogP contribution is 2.18. The second-order valence-corrected chi connectivity index (χ2v) is 4.90. The van der Waals surface area contributed by atoms with E-state index in [0.717, 1.165) is 36.7 Å². The number of rotatable bonds is 3. The van der Waals surface area contributed by atoms with Crippen molar-refractivity contribution in [1.82, 2.24) is 20.1 Å². The molecule has 94 valence electrons. The summed E-state index contributed by atoms with van der Waals surface area (Å²) < 4.78 is 1.92. The van der Waals surface area contributed by atoms with Gasteiger partial charge in [-0.15, -0.1) is 0 Å². The lowest BCUT2D eigenvalue weighted by molar-refractivity contribution is 0.539. The summed E-state index contributed by atoms with van der Waals surface area (Å²) in [6.07, 6.45) is 2.26. The number of benzene rings is 1. The predicted molar refractivity (Wildman–Crippen MR) is 71.1 cm³/mol. The van der Waals surface area contributed by atoms with Gasteiger partial charge in [0.1, 0.15) is 5.82 Å². The molecule has 0 aliphatic carbocycles. The Kier molecular flexibility index (Phi) is 3.11. The first-order valence-corrected chi connectivity index (χ1v) is 6.49. The first kappa shape index (κ1) is 11.4. The molecule has 1 aliphatic heterocycles. The molecule has 0 spiro atoms. The van der Waals surface area contributed by atoms with Gasteiger partial charge >= 0.3 is 0 Å². The summed E-state index contributed by atoms with van der Waals surface area (Å²) in [5.74, 6) is 2.62. The van der Waals surface area contributed by atoms with Gasteiger partial charge in [-0.3, -0.25) is 4.68 Å². The van der Waals surface area contributed by atoms with E-state index in [-0.39, 0.29) is 0 Å². The summed E-state index contributed by atoms with van der Waals surface area (Å²) in [7, 11) is 1.98. The lowest BCUT2D eigenvalue weighted by Crippen LogP contribution is -2.13. The van der Waals surface area contributed by atoms with Gasteiger partial charge in [-0.2, -0.15) is 5.10 Å². The fraction of sp³-hybridized carbons (Fsp3) is 0.429. The van der Waals surface area contributed by atoms with Crippen LogP contribution in [0.3, 0.4) is 0 Å². The van der Waals surface area contributed by atoms with Crippen molar-refractivity contribution in [2.75, 3.05) is 13.1 Å². The van der Waals surface area contributed by atoms with Crippen molar-refractivity contribution in [2.45, 2.75) is 12.8 Å². The van der Waals surface area contributed by atoms with Crippen molar-refractivity contribution in [2.24, 2.45) is 13.0 Å². The number of nitrogens with one attached hydrogen (secondary N) is 1. The van der Waals surface area contributed by atoms with Gasteiger partial charge < -0.3 is 5.32 Å². The minimum atomic E-state index is 0.705. The Labute approximate surface area is 107 Å². The molecule has 1 N–H and O–H groups in total. The maximum Gasteiger partial charge on any atom is 0.181 e. The van der Waals surface area contributed by atoms with Crippen molar-refractivity contribution < 1.29 is 0 Å². The number of nitrogens with zero attached hydrogens (tertiary/aromatic N) is 3. The summed E-state index contributed by atoms with van der Waals surface area (Å²) in [5.41, 5.74) is 1.09. The predicted octanol–water partition coefficient (Wildman–Crippen LogP) is 1.63. The topological polar surface area (TPSA) is 42.7 Å². The van der Waals surface area contributed by atoms with E-state index in [0.29, 0.717) is 5.92 Å². The highest BCUT2D eigenvalue weighted by molar-refractivity contribution is 5.53. The molecule has 3 rings (SSSR count). The zero-order valence-electron chi connectivity index (χ0n) is 10.6. The zero-order chi connectivity index (χ0) is 12.4. The maximum absolute atomic E-state index is 4.67. The summed E-state index contributed by atoms with van der Waals surface area (Å²) in [5, 5.41) is 7.90. The summed E-state index contributed by atoms with van der Waals surface area (Å²) in [6, 6.07) is 10.2. The van der Waals surface area contributed by atoms with Gasteiger partial charge in [0.05, 0.1) is 0 Å². The minimum absolute atomic E-state index is 0.705. The van der Waals surface area contributed by atoms with Crippen LogP contribution in [0, 0.1) is 5.92 Å². The fourth-order valence-electron chi connectivity index (χ4n) is 2.45. The van der Waals surface area contributed by atoms with E-state index in [2.05, 4.69) is 27.5 Å². The quantitative estimate of drug-likeness (QED) is 0.889. The van der Waals surface area contributed by atoms with Gasteiger partial charge in [0.15, 0.2) is 5.82 Å². The second-order valence-electron chi connectivity index (χ2n) is 4.90. The van der Waals surface area contributed by atoms with Crippen LogP contribution in [0.4, 0.5) is 0 Å². The summed E-state index contributed by atoms with van der Waals surface area (Å²) in [6.45, 7) is 2.24. The Morgan fingerprint density at radius 3 is 2.89 bits per heavy atom. The van der Waals surface area contributed by atoms with Crippen LogP contribution >= 0.6 is 0 Å². The zero-order valence-corrected chi connectivity index (χ0v) is 10.6. The van der Waals surface area contributed by atoms with E-state index >= 15 is 0 Å². The summed E-state index contributed by atoms with van der Waals surface area (Å²) in [4.78, 5) is 4.67. The Balaban J connectivity index is 1.82. The van der Waals surface area contributed by atoms with E-state index in [4.69, 9.17) is 0 Å². The molecule has 1 fully saturated rings. The Hall–Kier alpha value is -1.68. The average Bonchev–Trinajstić information content (AvgIpc) is 3.02. The van der Waals surface area contributed by atoms with Crippen LogP contribution in [0.5, 0.6) is 0 Å². The van der Waals surface area contributed by atoms with Crippen LogP contribution in [0.15, 0.2) is 30.3 Å². The third-order valence-corrected chi connectivity index (χ3v) is 3.52. The molecule has 2 heterocycles. The van der Waals surface area contributed by atoms with Gasteiger partial charge in [-0.25, -0.2) is 4.98 Å². The highest BCUT2D eigenvalue weighted by atomic mass is 15.3. The molecular weight excluding hydrogens is 224 g/mol. The molecule has 1 saturated heterocycles. The molecule has 2 aromatic rings. The van der Waals surface area contributed by atoms with Crippen molar-refractivity contribution in [3.05, 3.63) is 36.2 Å². The SMILES string of the molecule is Cn1nc(-c2ccccc2)nc1CC1CCNC1. The van der Waals surface area contributed by atoms with Crippen LogP contribution in [0.25, 0.3) is 11.4 Å². The minimum Gasteiger partial charge on any atom is -0.316 e. The van der Waals surface area contributed by atoms with Crippen LogP contribution in [-0.2, 0) is 13.5 Å². The molecule has 4 heteroatoms. The standard InChI is InChI=1S/C14H18N4/c1-18-13(9-11-7-8-15-10-11)16-14(17-18)12-5-3-2-4-6-12/h2-6,11,15H,7-10H2,1H3. The fourth-order valence-corrected chi connectivity index (χ4v) is 2.45. The lowest BCUT2D eigenvalue weighted by atomic mass is 10.0. The molecule has 0 amide bonds. The number of hydrogen-bond donors (Lipinski definition) is 1. The van der Waals surface area contributed by atoms with E-state index in [1.165, 1.54) is 6.42 Å². The molecule has 1 aliphatic rings. The Morgan fingerprint density at radius 1 is 1.33 bits per heavy atom. The Morgan fingerprint density at radius 2 is 2.17 bits per heavy atom. The van der Waals surface area contributed by atoms with Crippen LogP contribution in [0.2, 0.25) is 0 Å². The van der Waals surface area contributed by atoms with Gasteiger partial charge in [0.2, 0.25) is 0 Å². The smallest absolute Gasteiger partial charge is 0.181 e. The van der Waals surface area contributed by atoms with Gasteiger partial charge in [0, 0.05) is 19.0 Å². The number of aromatic nitrogens is 3. The van der Waals surface area contributed by atoms with E-state index in [9.17, 15) is 0 Å². The van der Waals surface area contributed by atoms with Crippen molar-refractivity contribution in [3.8, 4) is 11.4 Å². The molecule has 1 aromatic carbocycles. The van der Waals surface area contributed by atoms with Crippen molar-refractivity contribution >= 4 is 0 Å². The normalized spacial score (nSPS) is 19.3. The van der Waals surface area contributed by atoms with Crippen molar-refractivity contribution in [1.29, 1.82) is 0 Å². The van der Waals surface area contributed by atoms with E-state index < -0.39 is 0 Å². The monoisotopic (exact) mass is 242 g/mol. The molecule has 1 unspecified atom stereocenters. The van der Waals surface area contributed by atoms with Gasteiger partial charge in [0.25, 0.3) is 0 Å². The van der Waals surface area contributed by atoms with Crippen LogP contribution in [-0.4, -0.2) is 27.9 Å². The molecular formula is C14H18N4. The lowest BCUT2D eigenvalue weighted by Gasteiger charge is -2.05. The van der Waals surface area contributed by atoms with E-state index in [1.54, 1.807) is 0 Å². The van der Waals surface area contributed by atoms with E-state index in [1.807, 2.05) is 29.9 Å². The molecule has 0 radical (unpaired) electrons. The average molecular weight is 242 g/mol. The molecule has 0 bridgehead atoms. The number of hydrogen-bond acceptors (Lipinski definition) is 3. The summed E-state index contributed by atoms with van der Waals surface area (Å²) >= 11 is 0.